The third kappa shape index (κ3) is 5.61. The van der Waals surface area contributed by atoms with E-state index >= 15 is 0 Å². The van der Waals surface area contributed by atoms with E-state index in [2.05, 4.69) is 24.1 Å². The Morgan fingerprint density at radius 2 is 1.67 bits per heavy atom. The summed E-state index contributed by atoms with van der Waals surface area (Å²) in [6.07, 6.45) is 1.14. The average molecular weight is 326 g/mol. The van der Waals surface area contributed by atoms with Crippen LogP contribution in [0.1, 0.15) is 26.7 Å². The van der Waals surface area contributed by atoms with Crippen molar-refractivity contribution in [2.75, 3.05) is 29.9 Å². The summed E-state index contributed by atoms with van der Waals surface area (Å²) in [4.78, 5) is 14.2. The molecule has 4 nitrogen and oxygen atoms in total. The Balaban J connectivity index is 1.72. The Kier molecular flexibility index (Phi) is 7.15. The van der Waals surface area contributed by atoms with Gasteiger partial charge in [-0.2, -0.15) is 0 Å². The van der Waals surface area contributed by atoms with Crippen molar-refractivity contribution in [2.45, 2.75) is 26.7 Å². The van der Waals surface area contributed by atoms with Crippen LogP contribution >= 0.6 is 0 Å². The fourth-order valence-corrected chi connectivity index (χ4v) is 2.51. The first-order valence-corrected chi connectivity index (χ1v) is 8.55. The largest absolute Gasteiger partial charge is 0.494 e. The normalized spacial score (nSPS) is 10.2. The SMILES string of the molecule is CCN(CC)c1ccc(NC(=O)CCCOc2ccccc2)cc1. The fourth-order valence-electron chi connectivity index (χ4n) is 2.51. The first-order valence-electron chi connectivity index (χ1n) is 8.55. The van der Waals surface area contributed by atoms with Gasteiger partial charge in [-0.05, 0) is 56.7 Å². The lowest BCUT2D eigenvalue weighted by Crippen LogP contribution is -2.21. The van der Waals surface area contributed by atoms with E-state index in [1.54, 1.807) is 0 Å². The van der Waals surface area contributed by atoms with Crippen LogP contribution in [0.3, 0.4) is 0 Å². The number of hydrogen-bond acceptors (Lipinski definition) is 3. The van der Waals surface area contributed by atoms with Crippen molar-refractivity contribution in [1.29, 1.82) is 0 Å². The minimum Gasteiger partial charge on any atom is -0.494 e. The maximum absolute atomic E-state index is 12.0. The fraction of sp³-hybridized carbons (Fsp3) is 0.350. The molecule has 0 aliphatic heterocycles. The van der Waals surface area contributed by atoms with E-state index in [-0.39, 0.29) is 5.91 Å². The predicted octanol–water partition coefficient (Wildman–Crippen LogP) is 4.33. The Labute approximate surface area is 144 Å². The zero-order valence-electron chi connectivity index (χ0n) is 14.5. The van der Waals surface area contributed by atoms with Gasteiger partial charge in [-0.25, -0.2) is 0 Å². The van der Waals surface area contributed by atoms with E-state index < -0.39 is 0 Å². The first-order chi connectivity index (χ1) is 11.7. The molecule has 0 atom stereocenters. The van der Waals surface area contributed by atoms with E-state index in [0.717, 1.165) is 24.5 Å². The summed E-state index contributed by atoms with van der Waals surface area (Å²) in [7, 11) is 0. The summed E-state index contributed by atoms with van der Waals surface area (Å²) in [5.41, 5.74) is 2.01. The van der Waals surface area contributed by atoms with Crippen LogP contribution in [0, 0.1) is 0 Å². The highest BCUT2D eigenvalue weighted by Gasteiger charge is 2.05. The lowest BCUT2D eigenvalue weighted by Gasteiger charge is -2.21. The number of anilines is 2. The number of benzene rings is 2. The molecule has 2 aromatic carbocycles. The summed E-state index contributed by atoms with van der Waals surface area (Å²) >= 11 is 0. The topological polar surface area (TPSA) is 41.6 Å². The van der Waals surface area contributed by atoms with Gasteiger partial charge in [0.2, 0.25) is 5.91 Å². The van der Waals surface area contributed by atoms with Crippen LogP contribution in [-0.2, 0) is 4.79 Å². The minimum absolute atomic E-state index is 0.0160. The van der Waals surface area contributed by atoms with E-state index in [1.807, 2.05) is 54.6 Å². The molecule has 24 heavy (non-hydrogen) atoms. The van der Waals surface area contributed by atoms with Crippen LogP contribution in [0.2, 0.25) is 0 Å². The minimum atomic E-state index is 0.0160. The molecule has 0 aromatic heterocycles. The molecule has 1 N–H and O–H groups in total. The predicted molar refractivity (Wildman–Crippen MR) is 99.8 cm³/mol. The van der Waals surface area contributed by atoms with Crippen molar-refractivity contribution < 1.29 is 9.53 Å². The first kappa shape index (κ1) is 17.9. The highest BCUT2D eigenvalue weighted by Crippen LogP contribution is 2.18. The number of para-hydroxylation sites is 1. The lowest BCUT2D eigenvalue weighted by atomic mass is 10.2. The monoisotopic (exact) mass is 326 g/mol. The molecule has 0 saturated carbocycles. The number of nitrogens with zero attached hydrogens (tertiary/aromatic N) is 1. The Morgan fingerprint density at radius 3 is 2.29 bits per heavy atom. The van der Waals surface area contributed by atoms with Gasteiger partial charge in [-0.3, -0.25) is 4.79 Å². The third-order valence-electron chi connectivity index (χ3n) is 3.84. The van der Waals surface area contributed by atoms with Gasteiger partial charge < -0.3 is 15.0 Å². The number of hydrogen-bond donors (Lipinski definition) is 1. The standard InChI is InChI=1S/C20H26N2O2/c1-3-22(4-2)18-14-12-17(13-15-18)21-20(23)11-8-16-24-19-9-6-5-7-10-19/h5-7,9-10,12-15H,3-4,8,11,16H2,1-2H3,(H,21,23). The number of ether oxygens (including phenoxy) is 1. The van der Waals surface area contributed by atoms with E-state index in [4.69, 9.17) is 4.74 Å². The molecule has 0 saturated heterocycles. The maximum Gasteiger partial charge on any atom is 0.224 e. The van der Waals surface area contributed by atoms with Crippen LogP contribution in [0.15, 0.2) is 54.6 Å². The second kappa shape index (κ2) is 9.60. The molecule has 0 spiro atoms. The van der Waals surface area contributed by atoms with Crippen molar-refractivity contribution in [2.24, 2.45) is 0 Å². The molecule has 1 amide bonds. The summed E-state index contributed by atoms with van der Waals surface area (Å²) in [5.74, 6) is 0.854. The second-order valence-electron chi connectivity index (χ2n) is 5.53. The van der Waals surface area contributed by atoms with Crippen LogP contribution < -0.4 is 15.0 Å². The highest BCUT2D eigenvalue weighted by atomic mass is 16.5. The molecule has 128 valence electrons. The number of carbonyl (C=O) groups excluding carboxylic acids is 1. The van der Waals surface area contributed by atoms with Crippen molar-refractivity contribution >= 4 is 17.3 Å². The zero-order chi connectivity index (χ0) is 17.2. The molecule has 0 radical (unpaired) electrons. The van der Waals surface area contributed by atoms with Gasteiger partial charge in [0, 0.05) is 30.9 Å². The molecule has 0 unspecified atom stereocenters. The lowest BCUT2D eigenvalue weighted by molar-refractivity contribution is -0.116. The van der Waals surface area contributed by atoms with Gasteiger partial charge in [0.05, 0.1) is 6.61 Å². The smallest absolute Gasteiger partial charge is 0.224 e. The molecule has 0 aliphatic rings. The van der Waals surface area contributed by atoms with Crippen LogP contribution in [-0.4, -0.2) is 25.6 Å². The molecular formula is C20H26N2O2. The van der Waals surface area contributed by atoms with Gasteiger partial charge in [-0.1, -0.05) is 18.2 Å². The van der Waals surface area contributed by atoms with Gasteiger partial charge in [0.1, 0.15) is 5.75 Å². The molecule has 2 rings (SSSR count). The maximum atomic E-state index is 12.0. The second-order valence-corrected chi connectivity index (χ2v) is 5.53. The number of nitrogens with one attached hydrogen (secondary N) is 1. The summed E-state index contributed by atoms with van der Waals surface area (Å²) in [6, 6.07) is 17.6. The Hall–Kier alpha value is -2.49. The van der Waals surface area contributed by atoms with Gasteiger partial charge in [0.25, 0.3) is 0 Å². The van der Waals surface area contributed by atoms with Crippen molar-refractivity contribution in [1.82, 2.24) is 0 Å². The van der Waals surface area contributed by atoms with Crippen LogP contribution in [0.5, 0.6) is 5.75 Å². The van der Waals surface area contributed by atoms with Crippen molar-refractivity contribution in [3.63, 3.8) is 0 Å². The number of carbonyl (C=O) groups is 1. The molecule has 4 heteroatoms. The van der Waals surface area contributed by atoms with E-state index in [0.29, 0.717) is 19.4 Å². The molecule has 0 heterocycles. The Bertz CT molecular complexity index is 607. The molecular weight excluding hydrogens is 300 g/mol. The molecule has 0 aliphatic carbocycles. The number of amides is 1. The van der Waals surface area contributed by atoms with Gasteiger partial charge in [0.15, 0.2) is 0 Å². The van der Waals surface area contributed by atoms with Crippen LogP contribution in [0.25, 0.3) is 0 Å². The van der Waals surface area contributed by atoms with Crippen molar-refractivity contribution in [3.05, 3.63) is 54.6 Å². The third-order valence-corrected chi connectivity index (χ3v) is 3.84. The zero-order valence-corrected chi connectivity index (χ0v) is 14.5. The van der Waals surface area contributed by atoms with Gasteiger partial charge >= 0.3 is 0 Å². The molecule has 0 fully saturated rings. The summed E-state index contributed by atoms with van der Waals surface area (Å²) in [5, 5.41) is 2.93. The number of rotatable bonds is 9. The van der Waals surface area contributed by atoms with E-state index in [9.17, 15) is 4.79 Å². The highest BCUT2D eigenvalue weighted by molar-refractivity contribution is 5.90. The molecule has 0 bridgehead atoms. The molecule has 2 aromatic rings. The summed E-state index contributed by atoms with van der Waals surface area (Å²) < 4.78 is 5.59. The van der Waals surface area contributed by atoms with Crippen LogP contribution in [0.4, 0.5) is 11.4 Å². The van der Waals surface area contributed by atoms with Crippen molar-refractivity contribution in [3.8, 4) is 5.75 Å². The van der Waals surface area contributed by atoms with Gasteiger partial charge in [-0.15, -0.1) is 0 Å². The average Bonchev–Trinajstić information content (AvgIpc) is 2.62. The Morgan fingerprint density at radius 1 is 1.00 bits per heavy atom. The quantitative estimate of drug-likeness (QED) is 0.697. The van der Waals surface area contributed by atoms with E-state index in [1.165, 1.54) is 5.69 Å². The summed E-state index contributed by atoms with van der Waals surface area (Å²) in [6.45, 7) is 6.76.